The first-order valence-electron chi connectivity index (χ1n) is 7.84. The number of carbonyl (C=O) groups is 1. The van der Waals surface area contributed by atoms with E-state index in [9.17, 15) is 13.2 Å². The number of amides is 1. The lowest BCUT2D eigenvalue weighted by Crippen LogP contribution is -2.45. The number of piperidine rings is 1. The summed E-state index contributed by atoms with van der Waals surface area (Å²) in [5, 5.41) is 10.1. The number of likely N-dealkylation sites (tertiary alicyclic amines) is 1. The monoisotopic (exact) mass is 358 g/mol. The lowest BCUT2D eigenvalue weighted by atomic mass is 10.0. The summed E-state index contributed by atoms with van der Waals surface area (Å²) in [4.78, 5) is 16.3. The molecule has 0 bridgehead atoms. The highest BCUT2D eigenvalue weighted by atomic mass is 32.2. The van der Waals surface area contributed by atoms with Gasteiger partial charge in [-0.25, -0.2) is 8.42 Å². The fourth-order valence-electron chi connectivity index (χ4n) is 3.48. The van der Waals surface area contributed by atoms with Gasteiger partial charge >= 0.3 is 0 Å². The van der Waals surface area contributed by atoms with Crippen LogP contribution in [0.3, 0.4) is 0 Å². The maximum Gasteiger partial charge on any atom is 0.223 e. The van der Waals surface area contributed by atoms with Gasteiger partial charge in [0.2, 0.25) is 11.0 Å². The molecular weight excluding hydrogens is 336 g/mol. The summed E-state index contributed by atoms with van der Waals surface area (Å²) in [5.74, 6) is 0.156. The number of aromatic nitrogens is 2. The van der Waals surface area contributed by atoms with Gasteiger partial charge in [0.05, 0.1) is 5.75 Å². The van der Waals surface area contributed by atoms with Gasteiger partial charge in [0.25, 0.3) is 0 Å². The summed E-state index contributed by atoms with van der Waals surface area (Å²) in [7, 11) is -3.03. The van der Waals surface area contributed by atoms with E-state index in [1.165, 1.54) is 6.26 Å². The molecule has 0 spiro atoms. The molecule has 0 saturated carbocycles. The molecule has 0 aliphatic carbocycles. The standard InChI is InChI=1S/C14H22N4O3S2/c1-10-15-16-14(22-10)17-5-3-12(4-6-17)18-8-11(7-13(18)19)9-23(2,20)21/h11-12H,3-9H2,1-2H3. The van der Waals surface area contributed by atoms with Gasteiger partial charge in [-0.2, -0.15) is 0 Å². The summed E-state index contributed by atoms with van der Waals surface area (Å²) >= 11 is 1.59. The molecule has 2 aliphatic rings. The van der Waals surface area contributed by atoms with Crippen molar-refractivity contribution in [3.8, 4) is 0 Å². The van der Waals surface area contributed by atoms with Crippen LogP contribution in [0.2, 0.25) is 0 Å². The molecule has 0 aromatic carbocycles. The van der Waals surface area contributed by atoms with Crippen LogP contribution in [-0.2, 0) is 14.6 Å². The van der Waals surface area contributed by atoms with Crippen LogP contribution in [0, 0.1) is 12.8 Å². The normalized spacial score (nSPS) is 23.7. The summed E-state index contributed by atoms with van der Waals surface area (Å²) in [6.45, 7) is 4.24. The van der Waals surface area contributed by atoms with E-state index in [-0.39, 0.29) is 23.6 Å². The molecule has 0 radical (unpaired) electrons. The van der Waals surface area contributed by atoms with Crippen LogP contribution in [0.15, 0.2) is 0 Å². The number of sulfone groups is 1. The van der Waals surface area contributed by atoms with Gasteiger partial charge in [-0.05, 0) is 25.7 Å². The van der Waals surface area contributed by atoms with Crippen molar-refractivity contribution in [3.63, 3.8) is 0 Å². The minimum absolute atomic E-state index is 0.0543. The van der Waals surface area contributed by atoms with Crippen LogP contribution >= 0.6 is 11.3 Å². The fraction of sp³-hybridized carbons (Fsp3) is 0.786. The van der Waals surface area contributed by atoms with Gasteiger partial charge in [-0.15, -0.1) is 10.2 Å². The Morgan fingerprint density at radius 1 is 1.26 bits per heavy atom. The Morgan fingerprint density at radius 2 is 1.96 bits per heavy atom. The minimum Gasteiger partial charge on any atom is -0.347 e. The molecule has 23 heavy (non-hydrogen) atoms. The Morgan fingerprint density at radius 3 is 2.52 bits per heavy atom. The van der Waals surface area contributed by atoms with Crippen molar-refractivity contribution in [2.45, 2.75) is 32.2 Å². The Balaban J connectivity index is 1.56. The minimum atomic E-state index is -3.03. The molecule has 1 amide bonds. The highest BCUT2D eigenvalue weighted by Gasteiger charge is 2.37. The van der Waals surface area contributed by atoms with Crippen LogP contribution in [0.4, 0.5) is 5.13 Å². The zero-order valence-corrected chi connectivity index (χ0v) is 15.1. The lowest BCUT2D eigenvalue weighted by molar-refractivity contribution is -0.130. The molecule has 2 saturated heterocycles. The third kappa shape index (κ3) is 4.00. The summed E-state index contributed by atoms with van der Waals surface area (Å²) in [6, 6.07) is 0.220. The second-order valence-corrected chi connectivity index (χ2v) is 9.88. The first-order chi connectivity index (χ1) is 10.8. The topological polar surface area (TPSA) is 83.5 Å². The molecule has 0 N–H and O–H groups in total. The van der Waals surface area contributed by atoms with Crippen molar-refractivity contribution in [3.05, 3.63) is 5.01 Å². The molecule has 1 aromatic heterocycles. The molecule has 1 aromatic rings. The van der Waals surface area contributed by atoms with E-state index < -0.39 is 9.84 Å². The van der Waals surface area contributed by atoms with E-state index in [1.807, 2.05) is 11.8 Å². The Hall–Kier alpha value is -1.22. The summed E-state index contributed by atoms with van der Waals surface area (Å²) in [6.07, 6.45) is 3.40. The number of hydrogen-bond acceptors (Lipinski definition) is 7. The van der Waals surface area contributed by atoms with Gasteiger partial charge in [0.1, 0.15) is 14.8 Å². The molecule has 1 unspecified atom stereocenters. The van der Waals surface area contributed by atoms with Gasteiger partial charge in [0, 0.05) is 38.4 Å². The van der Waals surface area contributed by atoms with Gasteiger partial charge in [-0.1, -0.05) is 11.3 Å². The molecule has 7 nitrogen and oxygen atoms in total. The zero-order valence-electron chi connectivity index (χ0n) is 13.4. The fourth-order valence-corrected chi connectivity index (χ4v) is 5.30. The second-order valence-electron chi connectivity index (χ2n) is 6.53. The Labute approximate surface area is 140 Å². The van der Waals surface area contributed by atoms with Crippen molar-refractivity contribution in [1.82, 2.24) is 15.1 Å². The van der Waals surface area contributed by atoms with Crippen LogP contribution in [0.1, 0.15) is 24.3 Å². The third-order valence-electron chi connectivity index (χ3n) is 4.47. The molecule has 3 rings (SSSR count). The average molecular weight is 358 g/mol. The van der Waals surface area contributed by atoms with Crippen LogP contribution in [0.5, 0.6) is 0 Å². The second kappa shape index (κ2) is 6.35. The van der Waals surface area contributed by atoms with Crippen LogP contribution in [0.25, 0.3) is 0 Å². The number of anilines is 1. The average Bonchev–Trinajstić information content (AvgIpc) is 3.03. The van der Waals surface area contributed by atoms with Crippen molar-refractivity contribution in [2.75, 3.05) is 36.5 Å². The van der Waals surface area contributed by atoms with Gasteiger partial charge in [0.15, 0.2) is 0 Å². The molecule has 2 fully saturated rings. The summed E-state index contributed by atoms with van der Waals surface area (Å²) < 4.78 is 22.9. The maximum atomic E-state index is 12.2. The van der Waals surface area contributed by atoms with Crippen molar-refractivity contribution >= 4 is 32.2 Å². The Bertz CT molecular complexity index is 680. The van der Waals surface area contributed by atoms with E-state index in [2.05, 4.69) is 15.1 Å². The quantitative estimate of drug-likeness (QED) is 0.788. The van der Waals surface area contributed by atoms with E-state index in [0.29, 0.717) is 13.0 Å². The zero-order chi connectivity index (χ0) is 16.6. The third-order valence-corrected chi connectivity index (χ3v) is 6.44. The van der Waals surface area contributed by atoms with Gasteiger partial charge in [-0.3, -0.25) is 4.79 Å². The largest absolute Gasteiger partial charge is 0.347 e. The first kappa shape index (κ1) is 16.6. The predicted molar refractivity (Wildman–Crippen MR) is 89.4 cm³/mol. The Kier molecular flexibility index (Phi) is 4.59. The van der Waals surface area contributed by atoms with Crippen LogP contribution in [-0.4, -0.2) is 67.1 Å². The van der Waals surface area contributed by atoms with E-state index in [0.717, 1.165) is 36.1 Å². The molecule has 2 aliphatic heterocycles. The highest BCUT2D eigenvalue weighted by Crippen LogP contribution is 2.29. The highest BCUT2D eigenvalue weighted by molar-refractivity contribution is 7.90. The van der Waals surface area contributed by atoms with Crippen LogP contribution < -0.4 is 4.90 Å². The number of hydrogen-bond donors (Lipinski definition) is 0. The number of aryl methyl sites for hydroxylation is 1. The smallest absolute Gasteiger partial charge is 0.223 e. The summed E-state index contributed by atoms with van der Waals surface area (Å²) in [5.41, 5.74) is 0. The van der Waals surface area contributed by atoms with Crippen molar-refractivity contribution < 1.29 is 13.2 Å². The van der Waals surface area contributed by atoms with Crippen molar-refractivity contribution in [1.29, 1.82) is 0 Å². The van der Waals surface area contributed by atoms with E-state index in [1.54, 1.807) is 11.3 Å². The van der Waals surface area contributed by atoms with E-state index in [4.69, 9.17) is 0 Å². The number of nitrogens with zero attached hydrogens (tertiary/aromatic N) is 4. The molecule has 9 heteroatoms. The van der Waals surface area contributed by atoms with Crippen molar-refractivity contribution in [2.24, 2.45) is 5.92 Å². The predicted octanol–water partition coefficient (Wildman–Crippen LogP) is 0.708. The maximum absolute atomic E-state index is 12.2. The first-order valence-corrected chi connectivity index (χ1v) is 10.7. The molecule has 1 atom stereocenters. The lowest BCUT2D eigenvalue weighted by Gasteiger charge is -2.36. The van der Waals surface area contributed by atoms with E-state index >= 15 is 0 Å². The number of rotatable bonds is 4. The van der Waals surface area contributed by atoms with Gasteiger partial charge < -0.3 is 9.80 Å². The molecular formula is C14H22N4O3S2. The SMILES string of the molecule is Cc1nnc(N2CCC(N3CC(CS(C)(=O)=O)CC3=O)CC2)s1. The molecule has 3 heterocycles. The molecule has 128 valence electrons. The number of carbonyl (C=O) groups excluding carboxylic acids is 1.